The number of nitrogens with one attached hydrogen (secondary N) is 1. The Hall–Kier alpha value is -2.68. The van der Waals surface area contributed by atoms with Crippen molar-refractivity contribution in [2.75, 3.05) is 26.1 Å². The van der Waals surface area contributed by atoms with Crippen LogP contribution in [0.4, 0.5) is 5.69 Å². The van der Waals surface area contributed by atoms with Crippen LogP contribution in [0.15, 0.2) is 30.0 Å². The molecular weight excluding hydrogens is 354 g/mol. The van der Waals surface area contributed by atoms with Gasteiger partial charge in [0.25, 0.3) is 5.91 Å². The molecule has 1 aromatic carbocycles. The van der Waals surface area contributed by atoms with Crippen molar-refractivity contribution < 1.29 is 14.3 Å². The van der Waals surface area contributed by atoms with Gasteiger partial charge in [-0.1, -0.05) is 20.8 Å². The molecule has 150 valence electrons. The van der Waals surface area contributed by atoms with Gasteiger partial charge >= 0.3 is 0 Å². The van der Waals surface area contributed by atoms with Crippen LogP contribution in [0.1, 0.15) is 40.0 Å². The standard InChI is InChI=1S/C22H29N3O3/c1-21(2)9-16-10-22(3,13-21)14-25(16)12-15(11-23)20(26)24-18-8-17(27-4)6-7-19(18)28-5/h6-8,12,16H,9-10,13-14H2,1-5H3,(H,24,26)/b15-12-. The predicted octanol–water partition coefficient (Wildman–Crippen LogP) is 3.95. The molecule has 1 saturated carbocycles. The largest absolute Gasteiger partial charge is 0.497 e. The lowest BCUT2D eigenvalue weighted by Gasteiger charge is -2.39. The highest BCUT2D eigenvalue weighted by Crippen LogP contribution is 2.52. The van der Waals surface area contributed by atoms with Gasteiger partial charge in [0, 0.05) is 24.9 Å². The summed E-state index contributed by atoms with van der Waals surface area (Å²) in [5.41, 5.74) is 1.08. The van der Waals surface area contributed by atoms with Crippen molar-refractivity contribution in [3.05, 3.63) is 30.0 Å². The fraction of sp³-hybridized carbons (Fsp3) is 0.545. The third-order valence-corrected chi connectivity index (χ3v) is 5.77. The van der Waals surface area contributed by atoms with Gasteiger partial charge in [0.15, 0.2) is 0 Å². The molecule has 0 radical (unpaired) electrons. The Labute approximate surface area is 167 Å². The molecule has 0 aromatic heterocycles. The van der Waals surface area contributed by atoms with Crippen LogP contribution in [-0.2, 0) is 4.79 Å². The average Bonchev–Trinajstić information content (AvgIpc) is 2.87. The van der Waals surface area contributed by atoms with Crippen molar-refractivity contribution in [3.63, 3.8) is 0 Å². The molecule has 1 aliphatic carbocycles. The first-order chi connectivity index (χ1) is 13.2. The van der Waals surface area contributed by atoms with Crippen LogP contribution in [0.2, 0.25) is 0 Å². The van der Waals surface area contributed by atoms with E-state index in [1.165, 1.54) is 7.11 Å². The van der Waals surface area contributed by atoms with E-state index in [4.69, 9.17) is 9.47 Å². The highest BCUT2D eigenvalue weighted by molar-refractivity contribution is 6.07. The molecular formula is C22H29N3O3. The van der Waals surface area contributed by atoms with E-state index in [9.17, 15) is 10.1 Å². The number of amides is 1. The summed E-state index contributed by atoms with van der Waals surface area (Å²) in [4.78, 5) is 15.0. The van der Waals surface area contributed by atoms with Crippen molar-refractivity contribution >= 4 is 11.6 Å². The molecule has 1 aliphatic heterocycles. The Bertz CT molecular complexity index is 840. The number of nitrogens with zero attached hydrogens (tertiary/aromatic N) is 2. The predicted molar refractivity (Wildman–Crippen MR) is 108 cm³/mol. The van der Waals surface area contributed by atoms with Crippen LogP contribution in [0.5, 0.6) is 11.5 Å². The van der Waals surface area contributed by atoms with Crippen LogP contribution in [0.3, 0.4) is 0 Å². The van der Waals surface area contributed by atoms with Gasteiger partial charge in [-0.25, -0.2) is 0 Å². The fourth-order valence-corrected chi connectivity index (χ4v) is 5.06. The number of benzene rings is 1. The number of ether oxygens (including phenoxy) is 2. The van der Waals surface area contributed by atoms with Crippen molar-refractivity contribution in [2.45, 2.75) is 46.1 Å². The smallest absolute Gasteiger partial charge is 0.267 e. The Kier molecular flexibility index (Phi) is 5.29. The van der Waals surface area contributed by atoms with Gasteiger partial charge in [0.1, 0.15) is 23.1 Å². The zero-order chi connectivity index (χ0) is 20.5. The first-order valence-electron chi connectivity index (χ1n) is 9.60. The van der Waals surface area contributed by atoms with Crippen LogP contribution >= 0.6 is 0 Å². The first kappa shape index (κ1) is 20.1. The van der Waals surface area contributed by atoms with Crippen molar-refractivity contribution in [3.8, 4) is 17.6 Å². The molecule has 1 aromatic rings. The number of anilines is 1. The molecule has 28 heavy (non-hydrogen) atoms. The highest BCUT2D eigenvalue weighted by Gasteiger charge is 2.48. The highest BCUT2D eigenvalue weighted by atomic mass is 16.5. The molecule has 2 bridgehead atoms. The van der Waals surface area contributed by atoms with E-state index < -0.39 is 5.91 Å². The van der Waals surface area contributed by atoms with E-state index in [-0.39, 0.29) is 16.4 Å². The molecule has 6 heteroatoms. The quantitative estimate of drug-likeness (QED) is 0.615. The van der Waals surface area contributed by atoms with Gasteiger partial charge in [-0.05, 0) is 42.2 Å². The second-order valence-electron chi connectivity index (χ2n) is 9.06. The topological polar surface area (TPSA) is 74.6 Å². The Morgan fingerprint density at radius 1 is 1.29 bits per heavy atom. The van der Waals surface area contributed by atoms with E-state index in [1.54, 1.807) is 31.5 Å². The summed E-state index contributed by atoms with van der Waals surface area (Å²) in [7, 11) is 3.09. The Balaban J connectivity index is 1.81. The summed E-state index contributed by atoms with van der Waals surface area (Å²) in [6.07, 6.45) is 5.08. The summed E-state index contributed by atoms with van der Waals surface area (Å²) in [5.74, 6) is 0.666. The maximum absolute atomic E-state index is 12.8. The molecule has 1 saturated heterocycles. The van der Waals surface area contributed by atoms with Gasteiger partial charge in [0.05, 0.1) is 19.9 Å². The Morgan fingerprint density at radius 3 is 2.68 bits per heavy atom. The van der Waals surface area contributed by atoms with Crippen molar-refractivity contribution in [1.82, 2.24) is 4.90 Å². The molecule has 2 aliphatic rings. The van der Waals surface area contributed by atoms with Gasteiger partial charge < -0.3 is 19.7 Å². The second-order valence-corrected chi connectivity index (χ2v) is 9.06. The number of hydrogen-bond donors (Lipinski definition) is 1. The molecule has 3 rings (SSSR count). The normalized spacial score (nSPS) is 25.8. The van der Waals surface area contributed by atoms with Crippen LogP contribution in [-0.4, -0.2) is 37.6 Å². The minimum absolute atomic E-state index is 0.0961. The molecule has 0 spiro atoms. The van der Waals surface area contributed by atoms with Gasteiger partial charge in [0.2, 0.25) is 0 Å². The number of hydrogen-bond acceptors (Lipinski definition) is 5. The molecule has 1 amide bonds. The fourth-order valence-electron chi connectivity index (χ4n) is 5.06. The minimum atomic E-state index is -0.445. The molecule has 2 unspecified atom stereocenters. The maximum atomic E-state index is 12.8. The lowest BCUT2D eigenvalue weighted by Crippen LogP contribution is -2.33. The minimum Gasteiger partial charge on any atom is -0.497 e. The van der Waals surface area contributed by atoms with E-state index >= 15 is 0 Å². The summed E-state index contributed by atoms with van der Waals surface area (Å²) < 4.78 is 10.5. The number of likely N-dealkylation sites (tertiary alicyclic amines) is 1. The lowest BCUT2D eigenvalue weighted by atomic mass is 9.65. The van der Waals surface area contributed by atoms with Crippen LogP contribution < -0.4 is 14.8 Å². The molecule has 1 N–H and O–H groups in total. The van der Waals surface area contributed by atoms with Crippen molar-refractivity contribution in [1.29, 1.82) is 5.26 Å². The number of carbonyl (C=O) groups excluding carboxylic acids is 1. The maximum Gasteiger partial charge on any atom is 0.267 e. The van der Waals surface area contributed by atoms with Crippen LogP contribution in [0.25, 0.3) is 0 Å². The van der Waals surface area contributed by atoms with E-state index in [0.717, 1.165) is 25.8 Å². The second kappa shape index (κ2) is 7.38. The number of methoxy groups -OCH3 is 2. The molecule has 1 heterocycles. The van der Waals surface area contributed by atoms with E-state index in [1.807, 2.05) is 0 Å². The molecule has 2 fully saturated rings. The Morgan fingerprint density at radius 2 is 2.04 bits per heavy atom. The van der Waals surface area contributed by atoms with Gasteiger partial charge in [-0.15, -0.1) is 0 Å². The van der Waals surface area contributed by atoms with E-state index in [0.29, 0.717) is 23.2 Å². The zero-order valence-corrected chi connectivity index (χ0v) is 17.3. The van der Waals surface area contributed by atoms with Gasteiger partial charge in [-0.3, -0.25) is 4.79 Å². The monoisotopic (exact) mass is 383 g/mol. The molecule has 2 atom stereocenters. The summed E-state index contributed by atoms with van der Waals surface area (Å²) in [6.45, 7) is 7.79. The summed E-state index contributed by atoms with van der Waals surface area (Å²) >= 11 is 0. The third-order valence-electron chi connectivity index (χ3n) is 5.77. The van der Waals surface area contributed by atoms with Gasteiger partial charge in [-0.2, -0.15) is 5.26 Å². The molecule has 6 nitrogen and oxygen atoms in total. The third kappa shape index (κ3) is 4.09. The number of rotatable bonds is 5. The number of fused-ring (bicyclic) bond motifs is 2. The first-order valence-corrected chi connectivity index (χ1v) is 9.60. The van der Waals surface area contributed by atoms with E-state index in [2.05, 4.69) is 37.1 Å². The zero-order valence-electron chi connectivity index (χ0n) is 17.3. The van der Waals surface area contributed by atoms with Crippen LogP contribution in [0, 0.1) is 22.2 Å². The SMILES string of the molecule is COc1ccc(OC)c(NC(=O)/C(C#N)=C\N2CC3(C)CC2CC(C)(C)C3)c1. The summed E-state index contributed by atoms with van der Waals surface area (Å²) in [6, 6.07) is 7.59. The number of carbonyl (C=O) groups is 1. The summed E-state index contributed by atoms with van der Waals surface area (Å²) in [5, 5.41) is 12.4. The number of nitriles is 1. The average molecular weight is 383 g/mol. The lowest BCUT2D eigenvalue weighted by molar-refractivity contribution is -0.112. The van der Waals surface area contributed by atoms with Crippen molar-refractivity contribution in [2.24, 2.45) is 10.8 Å².